The van der Waals surface area contributed by atoms with Gasteiger partial charge in [-0.05, 0) is 17.3 Å². The number of methoxy groups -OCH3 is 1. The second kappa shape index (κ2) is 4.84. The maximum Gasteiger partial charge on any atom is 0.328 e. The summed E-state index contributed by atoms with van der Waals surface area (Å²) in [5.74, 6) is -0.402. The summed E-state index contributed by atoms with van der Waals surface area (Å²) in [7, 11) is 1.33. The third kappa shape index (κ3) is 2.44. The number of hydrogen-bond donors (Lipinski definition) is 1. The van der Waals surface area contributed by atoms with E-state index in [1.165, 1.54) is 7.11 Å². The van der Waals surface area contributed by atoms with E-state index in [1.807, 2.05) is 18.2 Å². The van der Waals surface area contributed by atoms with Crippen molar-refractivity contribution >= 4 is 17.7 Å². The number of ether oxygens (including phenoxy) is 1. The Hall–Kier alpha value is -1.06. The fourth-order valence-electron chi connectivity index (χ4n) is 1.01. The van der Waals surface area contributed by atoms with Crippen LogP contribution in [0.15, 0.2) is 30.3 Å². The van der Waals surface area contributed by atoms with Gasteiger partial charge in [0.05, 0.1) is 7.11 Å². The second-order valence-corrected chi connectivity index (χ2v) is 2.69. The van der Waals surface area contributed by atoms with Gasteiger partial charge in [-0.15, -0.1) is 0 Å². The molecular formula is C9H10ClNO2. The molecule has 0 saturated carbocycles. The van der Waals surface area contributed by atoms with Crippen LogP contribution in [0, 0.1) is 0 Å². The van der Waals surface area contributed by atoms with Crippen molar-refractivity contribution in [3.05, 3.63) is 35.9 Å². The molecule has 0 radical (unpaired) electrons. The highest BCUT2D eigenvalue weighted by Gasteiger charge is 2.19. The Morgan fingerprint density at radius 3 is 2.54 bits per heavy atom. The summed E-state index contributed by atoms with van der Waals surface area (Å²) in [6.45, 7) is 0. The molecule has 0 aliphatic carbocycles. The van der Waals surface area contributed by atoms with Crippen molar-refractivity contribution in [2.45, 2.75) is 6.04 Å². The summed E-state index contributed by atoms with van der Waals surface area (Å²) >= 11 is 5.42. The molecule has 70 valence electrons. The van der Waals surface area contributed by atoms with Crippen molar-refractivity contribution in [2.24, 2.45) is 0 Å². The van der Waals surface area contributed by atoms with Gasteiger partial charge in [0.25, 0.3) is 0 Å². The molecule has 1 aromatic rings. The summed E-state index contributed by atoms with van der Waals surface area (Å²) in [6, 6.07) is 8.53. The Morgan fingerprint density at radius 2 is 2.08 bits per heavy atom. The summed E-state index contributed by atoms with van der Waals surface area (Å²) in [5.41, 5.74) is 0.782. The van der Waals surface area contributed by atoms with Crippen molar-refractivity contribution < 1.29 is 9.53 Å². The van der Waals surface area contributed by atoms with Crippen LogP contribution in [0.3, 0.4) is 0 Å². The number of hydrogen-bond acceptors (Lipinski definition) is 3. The van der Waals surface area contributed by atoms with E-state index in [1.54, 1.807) is 12.1 Å². The zero-order valence-corrected chi connectivity index (χ0v) is 7.91. The summed E-state index contributed by atoms with van der Waals surface area (Å²) < 4.78 is 4.57. The molecule has 0 heterocycles. The van der Waals surface area contributed by atoms with Crippen LogP contribution in [0.4, 0.5) is 0 Å². The molecule has 0 aromatic heterocycles. The van der Waals surface area contributed by atoms with Gasteiger partial charge in [0, 0.05) is 0 Å². The molecule has 0 spiro atoms. The van der Waals surface area contributed by atoms with Gasteiger partial charge in [0.1, 0.15) is 6.04 Å². The molecule has 0 amide bonds. The van der Waals surface area contributed by atoms with Gasteiger partial charge in [0.2, 0.25) is 0 Å². The standard InChI is InChI=1S/C9H10ClNO2/c1-13-9(12)8(11-10)7-5-3-2-4-6-7/h2-6,8,11H,1H3/t8-/m0/s1. The lowest BCUT2D eigenvalue weighted by Gasteiger charge is -2.11. The third-order valence-corrected chi connectivity index (χ3v) is 1.90. The van der Waals surface area contributed by atoms with Crippen LogP contribution < -0.4 is 4.84 Å². The quantitative estimate of drug-likeness (QED) is 0.594. The van der Waals surface area contributed by atoms with E-state index in [0.29, 0.717) is 0 Å². The molecule has 1 rings (SSSR count). The summed E-state index contributed by atoms with van der Waals surface area (Å²) in [5, 5.41) is 0. The monoisotopic (exact) mass is 199 g/mol. The number of esters is 1. The fraction of sp³-hybridized carbons (Fsp3) is 0.222. The van der Waals surface area contributed by atoms with Gasteiger partial charge in [-0.2, -0.15) is 0 Å². The molecule has 4 heteroatoms. The van der Waals surface area contributed by atoms with Crippen LogP contribution in [-0.4, -0.2) is 13.1 Å². The number of nitrogens with one attached hydrogen (secondary N) is 1. The highest BCUT2D eigenvalue weighted by molar-refractivity contribution is 6.14. The Morgan fingerprint density at radius 1 is 1.46 bits per heavy atom. The van der Waals surface area contributed by atoms with Gasteiger partial charge in [0.15, 0.2) is 0 Å². The van der Waals surface area contributed by atoms with Crippen LogP contribution in [0.25, 0.3) is 0 Å². The molecule has 0 aliphatic rings. The van der Waals surface area contributed by atoms with Gasteiger partial charge in [-0.1, -0.05) is 30.3 Å². The first-order valence-corrected chi connectivity index (χ1v) is 4.16. The Bertz CT molecular complexity index is 276. The van der Waals surface area contributed by atoms with Crippen LogP contribution in [-0.2, 0) is 9.53 Å². The molecule has 0 saturated heterocycles. The Balaban J connectivity index is 2.85. The van der Waals surface area contributed by atoms with Crippen molar-refractivity contribution in [2.75, 3.05) is 7.11 Å². The third-order valence-electron chi connectivity index (χ3n) is 1.68. The molecule has 0 fully saturated rings. The second-order valence-electron chi connectivity index (χ2n) is 2.48. The van der Waals surface area contributed by atoms with E-state index < -0.39 is 12.0 Å². The number of halogens is 1. The van der Waals surface area contributed by atoms with Crippen molar-refractivity contribution in [3.63, 3.8) is 0 Å². The first-order valence-electron chi connectivity index (χ1n) is 3.78. The average Bonchev–Trinajstić information content (AvgIpc) is 2.20. The minimum atomic E-state index is -0.604. The topological polar surface area (TPSA) is 38.3 Å². The van der Waals surface area contributed by atoms with E-state index in [9.17, 15) is 4.79 Å². The number of carbonyl (C=O) groups excluding carboxylic acids is 1. The maximum atomic E-state index is 11.2. The predicted molar refractivity (Wildman–Crippen MR) is 50.2 cm³/mol. The lowest BCUT2D eigenvalue weighted by atomic mass is 10.1. The van der Waals surface area contributed by atoms with Gasteiger partial charge in [-0.25, -0.2) is 9.63 Å². The highest BCUT2D eigenvalue weighted by Crippen LogP contribution is 2.14. The summed E-state index contributed by atoms with van der Waals surface area (Å²) in [6.07, 6.45) is 0. The molecule has 1 aromatic carbocycles. The van der Waals surface area contributed by atoms with E-state index in [-0.39, 0.29) is 0 Å². The first kappa shape index (κ1) is 10.0. The Kier molecular flexibility index (Phi) is 3.73. The minimum Gasteiger partial charge on any atom is -0.468 e. The number of carbonyl (C=O) groups is 1. The van der Waals surface area contributed by atoms with Crippen LogP contribution in [0.1, 0.15) is 11.6 Å². The van der Waals surface area contributed by atoms with Gasteiger partial charge < -0.3 is 4.74 Å². The lowest BCUT2D eigenvalue weighted by molar-refractivity contribution is -0.142. The van der Waals surface area contributed by atoms with Gasteiger partial charge in [-0.3, -0.25) is 0 Å². The molecule has 1 atom stereocenters. The van der Waals surface area contributed by atoms with Crippen molar-refractivity contribution in [1.29, 1.82) is 0 Å². The lowest BCUT2D eigenvalue weighted by Crippen LogP contribution is -2.22. The number of rotatable bonds is 3. The molecular weight excluding hydrogens is 190 g/mol. The SMILES string of the molecule is COC(=O)[C@@H](NCl)c1ccccc1. The first-order chi connectivity index (χ1) is 6.29. The zero-order valence-electron chi connectivity index (χ0n) is 7.16. The largest absolute Gasteiger partial charge is 0.468 e. The smallest absolute Gasteiger partial charge is 0.328 e. The molecule has 13 heavy (non-hydrogen) atoms. The highest BCUT2D eigenvalue weighted by atomic mass is 35.5. The molecule has 0 aliphatic heterocycles. The zero-order chi connectivity index (χ0) is 9.68. The average molecular weight is 200 g/mol. The van der Waals surface area contributed by atoms with E-state index >= 15 is 0 Å². The van der Waals surface area contributed by atoms with Crippen LogP contribution >= 0.6 is 11.8 Å². The van der Waals surface area contributed by atoms with Gasteiger partial charge >= 0.3 is 5.97 Å². The molecule has 0 bridgehead atoms. The van der Waals surface area contributed by atoms with Crippen molar-refractivity contribution in [1.82, 2.24) is 4.84 Å². The Labute approximate surface area is 81.8 Å². The van der Waals surface area contributed by atoms with E-state index in [4.69, 9.17) is 11.8 Å². The van der Waals surface area contributed by atoms with Crippen molar-refractivity contribution in [3.8, 4) is 0 Å². The number of benzene rings is 1. The minimum absolute atomic E-state index is 0.402. The summed E-state index contributed by atoms with van der Waals surface area (Å²) in [4.78, 5) is 13.5. The van der Waals surface area contributed by atoms with E-state index in [2.05, 4.69) is 9.57 Å². The normalized spacial score (nSPS) is 12.2. The molecule has 1 N–H and O–H groups in total. The molecule has 0 unspecified atom stereocenters. The van der Waals surface area contributed by atoms with Crippen LogP contribution in [0.5, 0.6) is 0 Å². The maximum absolute atomic E-state index is 11.2. The predicted octanol–water partition coefficient (Wildman–Crippen LogP) is 1.64. The van der Waals surface area contributed by atoms with E-state index in [0.717, 1.165) is 5.56 Å². The van der Waals surface area contributed by atoms with Crippen LogP contribution in [0.2, 0.25) is 0 Å². The fourth-order valence-corrected chi connectivity index (χ4v) is 1.22. The molecule has 3 nitrogen and oxygen atoms in total.